The number of fused-ring (bicyclic) bond motifs is 1. The van der Waals surface area contributed by atoms with Crippen LogP contribution in [0.15, 0.2) is 63.5 Å². The number of rotatable bonds is 3. The first-order valence-corrected chi connectivity index (χ1v) is 7.51. The van der Waals surface area contributed by atoms with Crippen molar-refractivity contribution < 1.29 is 0 Å². The fourth-order valence-electron chi connectivity index (χ4n) is 1.81. The van der Waals surface area contributed by atoms with Gasteiger partial charge in [-0.25, -0.2) is 0 Å². The molecule has 1 N–H and O–H groups in total. The second-order valence-corrected chi connectivity index (χ2v) is 5.89. The summed E-state index contributed by atoms with van der Waals surface area (Å²) in [5, 5.41) is 7.62. The first-order chi connectivity index (χ1) is 9.33. The van der Waals surface area contributed by atoms with Crippen LogP contribution in [0.25, 0.3) is 10.1 Å². The molecule has 0 bridgehead atoms. The highest BCUT2D eigenvalue weighted by Crippen LogP contribution is 2.27. The van der Waals surface area contributed by atoms with E-state index in [4.69, 9.17) is 0 Å². The lowest BCUT2D eigenvalue weighted by Gasteiger charge is -1.98. The van der Waals surface area contributed by atoms with Gasteiger partial charge in [0, 0.05) is 25.5 Å². The van der Waals surface area contributed by atoms with E-state index in [1.54, 1.807) is 11.3 Å². The monoisotopic (exact) mass is 330 g/mol. The van der Waals surface area contributed by atoms with Crippen LogP contribution in [0, 0.1) is 0 Å². The van der Waals surface area contributed by atoms with E-state index in [1.807, 2.05) is 36.5 Å². The molecule has 0 amide bonds. The van der Waals surface area contributed by atoms with E-state index in [9.17, 15) is 0 Å². The summed E-state index contributed by atoms with van der Waals surface area (Å²) in [5.41, 5.74) is 5.14. The zero-order valence-electron chi connectivity index (χ0n) is 10.0. The van der Waals surface area contributed by atoms with Crippen LogP contribution in [0.1, 0.15) is 5.56 Å². The van der Waals surface area contributed by atoms with Crippen molar-refractivity contribution in [1.82, 2.24) is 0 Å². The molecule has 3 rings (SSSR count). The van der Waals surface area contributed by atoms with Gasteiger partial charge in [0.25, 0.3) is 0 Å². The van der Waals surface area contributed by atoms with Crippen LogP contribution in [0.2, 0.25) is 0 Å². The molecule has 1 aromatic heterocycles. The summed E-state index contributed by atoms with van der Waals surface area (Å²) >= 11 is 5.23. The van der Waals surface area contributed by atoms with E-state index >= 15 is 0 Å². The van der Waals surface area contributed by atoms with Gasteiger partial charge in [-0.05, 0) is 30.3 Å². The molecule has 0 saturated heterocycles. The second-order valence-electron chi connectivity index (χ2n) is 4.07. The van der Waals surface area contributed by atoms with E-state index in [2.05, 4.69) is 50.0 Å². The maximum atomic E-state index is 4.28. The van der Waals surface area contributed by atoms with Gasteiger partial charge in [0.2, 0.25) is 0 Å². The molecule has 0 fully saturated rings. The number of anilines is 1. The van der Waals surface area contributed by atoms with Gasteiger partial charge in [0.1, 0.15) is 0 Å². The second kappa shape index (κ2) is 5.55. The average molecular weight is 331 g/mol. The maximum Gasteiger partial charge on any atom is 0.0561 e. The smallest absolute Gasteiger partial charge is 0.0561 e. The lowest BCUT2D eigenvalue weighted by atomic mass is 10.2. The third kappa shape index (κ3) is 2.85. The van der Waals surface area contributed by atoms with Crippen molar-refractivity contribution in [3.8, 4) is 0 Å². The van der Waals surface area contributed by atoms with E-state index in [0.717, 1.165) is 15.7 Å². The van der Waals surface area contributed by atoms with Crippen molar-refractivity contribution >= 4 is 49.3 Å². The molecule has 2 aromatic carbocycles. The van der Waals surface area contributed by atoms with Crippen molar-refractivity contribution in [2.75, 3.05) is 5.43 Å². The quantitative estimate of drug-likeness (QED) is 0.523. The number of nitrogens with zero attached hydrogens (tertiary/aromatic N) is 1. The lowest BCUT2D eigenvalue weighted by Crippen LogP contribution is -1.89. The van der Waals surface area contributed by atoms with E-state index < -0.39 is 0 Å². The molecule has 19 heavy (non-hydrogen) atoms. The number of thiophene rings is 1. The lowest BCUT2D eigenvalue weighted by molar-refractivity contribution is 1.35. The zero-order chi connectivity index (χ0) is 13.1. The molecule has 94 valence electrons. The third-order valence-corrected chi connectivity index (χ3v) is 4.21. The molecule has 0 aliphatic carbocycles. The first-order valence-electron chi connectivity index (χ1n) is 5.84. The van der Waals surface area contributed by atoms with Crippen LogP contribution in [-0.4, -0.2) is 6.21 Å². The summed E-state index contributed by atoms with van der Waals surface area (Å²) in [4.78, 5) is 0. The Morgan fingerprint density at radius 2 is 1.95 bits per heavy atom. The highest BCUT2D eigenvalue weighted by atomic mass is 79.9. The molecule has 0 radical (unpaired) electrons. The van der Waals surface area contributed by atoms with Gasteiger partial charge in [-0.3, -0.25) is 5.43 Å². The van der Waals surface area contributed by atoms with Crippen LogP contribution >= 0.6 is 27.3 Å². The van der Waals surface area contributed by atoms with Crippen molar-refractivity contribution in [3.63, 3.8) is 0 Å². The Kier molecular flexibility index (Phi) is 3.62. The van der Waals surface area contributed by atoms with E-state index in [1.165, 1.54) is 10.1 Å². The summed E-state index contributed by atoms with van der Waals surface area (Å²) < 4.78 is 2.36. The molecule has 0 saturated carbocycles. The van der Waals surface area contributed by atoms with Gasteiger partial charge in [0.15, 0.2) is 0 Å². The Labute approximate surface area is 123 Å². The Morgan fingerprint density at radius 1 is 1.11 bits per heavy atom. The molecule has 1 heterocycles. The molecule has 0 aliphatic rings. The first kappa shape index (κ1) is 12.4. The van der Waals surface area contributed by atoms with Crippen LogP contribution in [0.3, 0.4) is 0 Å². The Bertz CT molecular complexity index is 719. The average Bonchev–Trinajstić information content (AvgIpc) is 2.83. The number of hydrazone groups is 1. The minimum atomic E-state index is 0.986. The van der Waals surface area contributed by atoms with Gasteiger partial charge in [-0.1, -0.05) is 34.1 Å². The number of nitrogens with one attached hydrogen (secondary N) is 1. The van der Waals surface area contributed by atoms with Gasteiger partial charge in [-0.15, -0.1) is 11.3 Å². The largest absolute Gasteiger partial charge is 0.279 e. The fourth-order valence-corrected chi connectivity index (χ4v) is 3.06. The summed E-state index contributed by atoms with van der Waals surface area (Å²) in [6, 6.07) is 16.2. The standard InChI is InChI=1S/C15H11BrN2S/c16-12-6-7-15-14(8-12)11(10-19-15)9-17-18-13-4-2-1-3-5-13/h1-10,18H/b17-9+. The van der Waals surface area contributed by atoms with Crippen molar-refractivity contribution in [2.45, 2.75) is 0 Å². The normalized spacial score (nSPS) is 11.2. The van der Waals surface area contributed by atoms with Gasteiger partial charge < -0.3 is 0 Å². The third-order valence-electron chi connectivity index (χ3n) is 2.74. The Balaban J connectivity index is 1.83. The fraction of sp³-hybridized carbons (Fsp3) is 0. The van der Waals surface area contributed by atoms with Crippen molar-refractivity contribution in [2.24, 2.45) is 5.10 Å². The van der Waals surface area contributed by atoms with Crippen molar-refractivity contribution in [3.05, 3.63) is 63.9 Å². The van der Waals surface area contributed by atoms with E-state index in [-0.39, 0.29) is 0 Å². The molecule has 0 spiro atoms. The number of benzene rings is 2. The van der Waals surface area contributed by atoms with Crippen LogP contribution in [-0.2, 0) is 0 Å². The summed E-state index contributed by atoms with van der Waals surface area (Å²) in [7, 11) is 0. The predicted molar refractivity (Wildman–Crippen MR) is 87.2 cm³/mol. The SMILES string of the molecule is Brc1ccc2scc(/C=N/Nc3ccccc3)c2c1. The molecule has 0 atom stereocenters. The topological polar surface area (TPSA) is 24.4 Å². The highest BCUT2D eigenvalue weighted by Gasteiger charge is 2.02. The number of para-hydroxylation sites is 1. The number of hydrogen-bond acceptors (Lipinski definition) is 3. The predicted octanol–water partition coefficient (Wildman–Crippen LogP) is 5.11. The summed E-state index contributed by atoms with van der Waals surface area (Å²) in [5.74, 6) is 0. The van der Waals surface area contributed by atoms with Crippen LogP contribution in [0.4, 0.5) is 5.69 Å². The van der Waals surface area contributed by atoms with Crippen LogP contribution < -0.4 is 5.43 Å². The Hall–Kier alpha value is -1.65. The minimum Gasteiger partial charge on any atom is -0.279 e. The maximum absolute atomic E-state index is 4.28. The molecular formula is C15H11BrN2S. The van der Waals surface area contributed by atoms with Crippen molar-refractivity contribution in [1.29, 1.82) is 0 Å². The van der Waals surface area contributed by atoms with Gasteiger partial charge in [0.05, 0.1) is 11.9 Å². The number of hydrogen-bond donors (Lipinski definition) is 1. The molecule has 4 heteroatoms. The molecule has 2 nitrogen and oxygen atoms in total. The molecular weight excluding hydrogens is 320 g/mol. The summed E-state index contributed by atoms with van der Waals surface area (Å²) in [6.07, 6.45) is 1.86. The minimum absolute atomic E-state index is 0.986. The van der Waals surface area contributed by atoms with Gasteiger partial charge in [-0.2, -0.15) is 5.10 Å². The molecule has 0 unspecified atom stereocenters. The Morgan fingerprint density at radius 3 is 2.79 bits per heavy atom. The summed E-state index contributed by atoms with van der Waals surface area (Å²) in [6.45, 7) is 0. The number of halogens is 1. The zero-order valence-corrected chi connectivity index (χ0v) is 12.4. The molecule has 3 aromatic rings. The van der Waals surface area contributed by atoms with E-state index in [0.29, 0.717) is 0 Å². The van der Waals surface area contributed by atoms with Crippen LogP contribution in [0.5, 0.6) is 0 Å². The highest BCUT2D eigenvalue weighted by molar-refractivity contribution is 9.10. The molecule has 0 aliphatic heterocycles. The van der Waals surface area contributed by atoms with Gasteiger partial charge >= 0.3 is 0 Å².